The predicted octanol–water partition coefficient (Wildman–Crippen LogP) is 6.50. The van der Waals surface area contributed by atoms with E-state index in [4.69, 9.17) is 4.74 Å². The second-order valence-electron chi connectivity index (χ2n) is 8.93. The Hall–Kier alpha value is -4.75. The third-order valence-corrected chi connectivity index (χ3v) is 5.95. The minimum Gasteiger partial charge on any atom is -0.493 e. The molecule has 8 nitrogen and oxygen atoms in total. The average Bonchev–Trinajstić information content (AvgIpc) is 3.34. The normalized spacial score (nSPS) is 12.5. The largest absolute Gasteiger partial charge is 0.573 e. The fourth-order valence-electron chi connectivity index (χ4n) is 4.13. The third-order valence-electron chi connectivity index (χ3n) is 5.95. The number of halogens is 6. The van der Waals surface area contributed by atoms with E-state index in [9.17, 15) is 35.9 Å². The van der Waals surface area contributed by atoms with Crippen molar-refractivity contribution in [2.45, 2.75) is 31.3 Å². The van der Waals surface area contributed by atoms with E-state index in [1.165, 1.54) is 18.3 Å². The lowest BCUT2D eigenvalue weighted by molar-refractivity contribution is -0.274. The molecule has 0 radical (unpaired) electrons. The second-order valence-corrected chi connectivity index (χ2v) is 8.93. The van der Waals surface area contributed by atoms with Crippen LogP contribution in [-0.4, -0.2) is 47.6 Å². The van der Waals surface area contributed by atoms with Gasteiger partial charge in [0.15, 0.2) is 0 Å². The molecule has 0 aliphatic heterocycles. The van der Waals surface area contributed by atoms with Crippen LogP contribution in [0.5, 0.6) is 11.5 Å². The van der Waals surface area contributed by atoms with Crippen molar-refractivity contribution in [1.29, 1.82) is 0 Å². The zero-order chi connectivity index (χ0) is 30.3. The van der Waals surface area contributed by atoms with Gasteiger partial charge in [0.1, 0.15) is 17.3 Å². The Labute approximate surface area is 234 Å². The lowest BCUT2D eigenvalue weighted by Crippen LogP contribution is -2.28. The Kier molecular flexibility index (Phi) is 9.23. The van der Waals surface area contributed by atoms with Crippen molar-refractivity contribution in [3.63, 3.8) is 0 Å². The molecule has 1 atom stereocenters. The van der Waals surface area contributed by atoms with Gasteiger partial charge in [0.05, 0.1) is 13.0 Å². The standard InChI is InChI=1S/C28H23F6N3O5/c29-27(30,31)26(39)41-25(38)15-21(17-5-7-18(8-6-17)42-28(32,33)34)22-16-37-23-14-19(9-10-20(22)23)40-13-3-12-36-24-4-1-2-11-35-24/h1-2,4-11,14,16,21,37H,3,12-13,15H2,(H,35,36). The molecule has 0 amide bonds. The van der Waals surface area contributed by atoms with E-state index >= 15 is 0 Å². The smallest absolute Gasteiger partial charge is 0.493 e. The Morgan fingerprint density at radius 2 is 1.69 bits per heavy atom. The van der Waals surface area contributed by atoms with E-state index in [0.717, 1.165) is 18.0 Å². The number of carbonyl (C=O) groups is 2. The van der Waals surface area contributed by atoms with Gasteiger partial charge >= 0.3 is 24.5 Å². The monoisotopic (exact) mass is 595 g/mol. The molecule has 222 valence electrons. The van der Waals surface area contributed by atoms with Crippen LogP contribution >= 0.6 is 0 Å². The summed E-state index contributed by atoms with van der Waals surface area (Å²) in [6.45, 7) is 1.00. The number of anilines is 1. The molecule has 2 heterocycles. The van der Waals surface area contributed by atoms with Crippen molar-refractivity contribution >= 4 is 28.7 Å². The highest BCUT2D eigenvalue weighted by molar-refractivity contribution is 5.90. The molecule has 0 aliphatic rings. The summed E-state index contributed by atoms with van der Waals surface area (Å²) >= 11 is 0. The number of nitrogens with one attached hydrogen (secondary N) is 2. The number of esters is 2. The van der Waals surface area contributed by atoms with E-state index in [-0.39, 0.29) is 5.56 Å². The number of alkyl halides is 6. The third kappa shape index (κ3) is 8.38. The van der Waals surface area contributed by atoms with Crippen molar-refractivity contribution in [1.82, 2.24) is 9.97 Å². The second kappa shape index (κ2) is 12.8. The summed E-state index contributed by atoms with van der Waals surface area (Å²) in [5, 5.41) is 3.72. The predicted molar refractivity (Wildman–Crippen MR) is 138 cm³/mol. The lowest BCUT2D eigenvalue weighted by atomic mass is 9.88. The zero-order valence-corrected chi connectivity index (χ0v) is 21.6. The highest BCUT2D eigenvalue weighted by Crippen LogP contribution is 2.36. The topological polar surface area (TPSA) is 103 Å². The lowest BCUT2D eigenvalue weighted by Gasteiger charge is -2.18. The minimum atomic E-state index is -5.38. The molecule has 0 aliphatic carbocycles. The van der Waals surface area contributed by atoms with Gasteiger partial charge in [0.25, 0.3) is 0 Å². The maximum absolute atomic E-state index is 12.6. The summed E-state index contributed by atoms with van der Waals surface area (Å²) < 4.78 is 89.2. The van der Waals surface area contributed by atoms with Crippen LogP contribution in [-0.2, 0) is 14.3 Å². The van der Waals surface area contributed by atoms with Crippen LogP contribution in [0.1, 0.15) is 29.9 Å². The Morgan fingerprint density at radius 1 is 0.952 bits per heavy atom. The summed E-state index contributed by atoms with van der Waals surface area (Å²) in [7, 11) is 0. The van der Waals surface area contributed by atoms with Crippen LogP contribution in [0.4, 0.5) is 32.2 Å². The first kappa shape index (κ1) is 30.2. The molecular weight excluding hydrogens is 572 g/mol. The number of hydrogen-bond donors (Lipinski definition) is 2. The molecule has 0 spiro atoms. The molecule has 0 saturated carbocycles. The number of fused-ring (bicyclic) bond motifs is 1. The molecule has 2 aromatic heterocycles. The summed E-state index contributed by atoms with van der Waals surface area (Å²) in [5.74, 6) is -4.40. The highest BCUT2D eigenvalue weighted by Gasteiger charge is 2.42. The number of benzene rings is 2. The van der Waals surface area contributed by atoms with Gasteiger partial charge in [-0.1, -0.05) is 18.2 Å². The number of aromatic amines is 1. The van der Waals surface area contributed by atoms with E-state index in [0.29, 0.717) is 41.8 Å². The minimum absolute atomic E-state index is 0.266. The van der Waals surface area contributed by atoms with Crippen molar-refractivity contribution in [2.24, 2.45) is 0 Å². The van der Waals surface area contributed by atoms with Gasteiger partial charge in [-0.2, -0.15) is 13.2 Å². The van der Waals surface area contributed by atoms with E-state index in [2.05, 4.69) is 24.8 Å². The number of H-pyrrole nitrogens is 1. The van der Waals surface area contributed by atoms with Gasteiger partial charge in [-0.15, -0.1) is 13.2 Å². The number of nitrogens with zero attached hydrogens (tertiary/aromatic N) is 1. The van der Waals surface area contributed by atoms with Crippen LogP contribution in [0.2, 0.25) is 0 Å². The van der Waals surface area contributed by atoms with E-state index < -0.39 is 42.6 Å². The first-order valence-electron chi connectivity index (χ1n) is 12.5. The summed E-state index contributed by atoms with van der Waals surface area (Å²) in [4.78, 5) is 30.7. The quantitative estimate of drug-likeness (QED) is 0.0884. The first-order valence-corrected chi connectivity index (χ1v) is 12.5. The Balaban J connectivity index is 1.50. The fraction of sp³-hybridized carbons (Fsp3) is 0.250. The maximum atomic E-state index is 12.6. The van der Waals surface area contributed by atoms with Crippen LogP contribution in [0.3, 0.4) is 0 Å². The summed E-state index contributed by atoms with van der Waals surface area (Å²) in [5.41, 5.74) is 1.26. The van der Waals surface area contributed by atoms with Crippen LogP contribution in [0.15, 0.2) is 73.1 Å². The van der Waals surface area contributed by atoms with Gasteiger partial charge in [0.2, 0.25) is 0 Å². The van der Waals surface area contributed by atoms with Crippen LogP contribution in [0.25, 0.3) is 10.9 Å². The molecule has 2 N–H and O–H groups in total. The molecule has 42 heavy (non-hydrogen) atoms. The molecule has 1 unspecified atom stereocenters. The van der Waals surface area contributed by atoms with Gasteiger partial charge in [0, 0.05) is 41.8 Å². The molecular formula is C28H23F6N3O5. The number of pyridine rings is 1. The number of hydrogen-bond acceptors (Lipinski definition) is 7. The Morgan fingerprint density at radius 3 is 2.36 bits per heavy atom. The molecule has 4 rings (SSSR count). The van der Waals surface area contributed by atoms with Gasteiger partial charge in [-0.3, -0.25) is 4.79 Å². The van der Waals surface area contributed by atoms with Crippen LogP contribution in [0, 0.1) is 0 Å². The molecule has 14 heteroatoms. The molecule has 2 aromatic carbocycles. The number of aromatic nitrogens is 2. The zero-order valence-electron chi connectivity index (χ0n) is 21.6. The molecule has 0 saturated heterocycles. The first-order chi connectivity index (χ1) is 19.9. The number of carbonyl (C=O) groups excluding carboxylic acids is 2. The number of rotatable bonds is 11. The average molecular weight is 595 g/mol. The van der Waals surface area contributed by atoms with Crippen molar-refractivity contribution in [3.8, 4) is 11.5 Å². The van der Waals surface area contributed by atoms with E-state index in [1.807, 2.05) is 18.2 Å². The van der Waals surface area contributed by atoms with Gasteiger partial charge in [-0.05, 0) is 53.9 Å². The maximum Gasteiger partial charge on any atom is 0.573 e. The fourth-order valence-corrected chi connectivity index (χ4v) is 4.13. The van der Waals surface area contributed by atoms with Crippen molar-refractivity contribution in [2.75, 3.05) is 18.5 Å². The Bertz CT molecular complexity index is 1500. The van der Waals surface area contributed by atoms with Crippen molar-refractivity contribution < 1.29 is 50.1 Å². The SMILES string of the molecule is O=C(CC(c1ccc(OC(F)(F)F)cc1)c1c[nH]c2cc(OCCCNc3ccccn3)ccc12)OC(=O)C(F)(F)F. The summed E-state index contributed by atoms with van der Waals surface area (Å²) in [6.07, 6.45) is -7.18. The molecule has 4 aromatic rings. The molecule has 0 fully saturated rings. The van der Waals surface area contributed by atoms with Crippen molar-refractivity contribution in [3.05, 3.63) is 84.2 Å². The molecule has 0 bridgehead atoms. The van der Waals surface area contributed by atoms with Gasteiger partial charge in [-0.25, -0.2) is 9.78 Å². The highest BCUT2D eigenvalue weighted by atomic mass is 19.4. The summed E-state index contributed by atoms with van der Waals surface area (Å²) in [6, 6.07) is 15.0. The van der Waals surface area contributed by atoms with E-state index in [1.54, 1.807) is 24.4 Å². The van der Waals surface area contributed by atoms with Gasteiger partial charge < -0.3 is 24.5 Å². The van der Waals surface area contributed by atoms with Crippen LogP contribution < -0.4 is 14.8 Å². The number of ether oxygens (including phenoxy) is 3.